The number of hydrogen-bond donors (Lipinski definition) is 1. The van der Waals surface area contributed by atoms with Gasteiger partial charge >= 0.3 is 11.9 Å². The Kier molecular flexibility index (Phi) is 4.04. The van der Waals surface area contributed by atoms with Crippen molar-refractivity contribution in [1.82, 2.24) is 0 Å². The van der Waals surface area contributed by atoms with Crippen molar-refractivity contribution in [3.8, 4) is 0 Å². The molecule has 1 aliphatic heterocycles. The van der Waals surface area contributed by atoms with Gasteiger partial charge in [-0.2, -0.15) is 0 Å². The Hall–Kier alpha value is -2.97. The summed E-state index contributed by atoms with van der Waals surface area (Å²) >= 11 is 0. The molecular formula is C14H13FN2O6. The number of carbonyl (C=O) groups is 2. The average molecular weight is 324 g/mol. The topological polar surface area (TPSA) is 108 Å². The maximum atomic E-state index is 13.4. The summed E-state index contributed by atoms with van der Waals surface area (Å²) in [4.78, 5) is 33.7. The van der Waals surface area contributed by atoms with Crippen LogP contribution in [0.3, 0.4) is 0 Å². The van der Waals surface area contributed by atoms with Crippen LogP contribution in [0.4, 0.5) is 15.8 Å². The number of nitrogens with one attached hydrogen (secondary N) is 1. The fourth-order valence-corrected chi connectivity index (χ4v) is 1.87. The van der Waals surface area contributed by atoms with E-state index in [0.29, 0.717) is 0 Å². The predicted molar refractivity (Wildman–Crippen MR) is 75.8 cm³/mol. The van der Waals surface area contributed by atoms with E-state index in [9.17, 15) is 24.1 Å². The summed E-state index contributed by atoms with van der Waals surface area (Å²) in [7, 11) is 0. The average Bonchev–Trinajstić information content (AvgIpc) is 2.39. The molecule has 0 spiro atoms. The number of nitro groups is 1. The van der Waals surface area contributed by atoms with Crippen LogP contribution in [0.15, 0.2) is 23.9 Å². The Balaban J connectivity index is 2.33. The lowest BCUT2D eigenvalue weighted by Gasteiger charge is -2.29. The third kappa shape index (κ3) is 3.44. The van der Waals surface area contributed by atoms with Gasteiger partial charge in [-0.1, -0.05) is 0 Å². The molecule has 0 radical (unpaired) electrons. The van der Waals surface area contributed by atoms with Crippen molar-refractivity contribution >= 4 is 23.3 Å². The van der Waals surface area contributed by atoms with Crippen molar-refractivity contribution in [2.45, 2.75) is 26.6 Å². The van der Waals surface area contributed by atoms with Crippen LogP contribution in [-0.4, -0.2) is 22.6 Å². The number of aryl methyl sites for hydroxylation is 1. The van der Waals surface area contributed by atoms with E-state index in [4.69, 9.17) is 9.47 Å². The Labute approximate surface area is 130 Å². The highest BCUT2D eigenvalue weighted by Crippen LogP contribution is 2.28. The lowest BCUT2D eigenvalue weighted by molar-refractivity contribution is -0.384. The molecule has 0 aliphatic carbocycles. The number of carbonyl (C=O) groups excluding carboxylic acids is 2. The van der Waals surface area contributed by atoms with Crippen LogP contribution in [0.1, 0.15) is 19.4 Å². The second-order valence-corrected chi connectivity index (χ2v) is 5.26. The smallest absolute Gasteiger partial charge is 0.350 e. The molecule has 1 aromatic rings. The van der Waals surface area contributed by atoms with Gasteiger partial charge in [-0.25, -0.2) is 14.0 Å². The lowest BCUT2D eigenvalue weighted by Crippen LogP contribution is -2.42. The van der Waals surface area contributed by atoms with E-state index in [-0.39, 0.29) is 11.3 Å². The van der Waals surface area contributed by atoms with Gasteiger partial charge in [-0.3, -0.25) is 10.1 Å². The highest BCUT2D eigenvalue weighted by molar-refractivity contribution is 6.15. The van der Waals surface area contributed by atoms with Crippen LogP contribution in [0.2, 0.25) is 0 Å². The number of rotatable bonds is 3. The molecule has 122 valence electrons. The molecular weight excluding hydrogens is 311 g/mol. The SMILES string of the molecule is Cc1cc(NC=C2C(=O)OC(C)(C)OC2=O)c([N+](=O)[O-])cc1F. The highest BCUT2D eigenvalue weighted by atomic mass is 19.1. The summed E-state index contributed by atoms with van der Waals surface area (Å²) in [6.45, 7) is 4.20. The summed E-state index contributed by atoms with van der Waals surface area (Å²) < 4.78 is 23.2. The number of anilines is 1. The van der Waals surface area contributed by atoms with E-state index in [2.05, 4.69) is 5.32 Å². The summed E-state index contributed by atoms with van der Waals surface area (Å²) in [6, 6.07) is 1.94. The number of nitro benzene ring substituents is 1. The summed E-state index contributed by atoms with van der Waals surface area (Å²) in [5, 5.41) is 13.4. The van der Waals surface area contributed by atoms with Crippen LogP contribution >= 0.6 is 0 Å². The zero-order valence-corrected chi connectivity index (χ0v) is 12.5. The molecule has 0 aromatic heterocycles. The number of benzene rings is 1. The first-order chi connectivity index (χ1) is 10.6. The molecule has 1 heterocycles. The third-order valence-corrected chi connectivity index (χ3v) is 2.96. The molecule has 23 heavy (non-hydrogen) atoms. The van der Waals surface area contributed by atoms with Gasteiger partial charge < -0.3 is 14.8 Å². The minimum atomic E-state index is -1.38. The van der Waals surface area contributed by atoms with Gasteiger partial charge in [0.1, 0.15) is 11.5 Å². The summed E-state index contributed by atoms with van der Waals surface area (Å²) in [5.74, 6) is -3.99. The molecule has 8 nitrogen and oxygen atoms in total. The van der Waals surface area contributed by atoms with Crippen molar-refractivity contribution in [2.24, 2.45) is 0 Å². The fraction of sp³-hybridized carbons (Fsp3) is 0.286. The van der Waals surface area contributed by atoms with Gasteiger partial charge in [-0.05, 0) is 18.6 Å². The zero-order valence-electron chi connectivity index (χ0n) is 12.5. The molecule has 1 N–H and O–H groups in total. The van der Waals surface area contributed by atoms with Gasteiger partial charge in [-0.15, -0.1) is 0 Å². The molecule has 0 saturated carbocycles. The van der Waals surface area contributed by atoms with E-state index < -0.39 is 39.7 Å². The molecule has 9 heteroatoms. The Morgan fingerprint density at radius 3 is 2.35 bits per heavy atom. The van der Waals surface area contributed by atoms with Gasteiger partial charge in [0.15, 0.2) is 5.57 Å². The van der Waals surface area contributed by atoms with Crippen LogP contribution in [0, 0.1) is 22.9 Å². The number of ether oxygens (including phenoxy) is 2. The molecule has 1 fully saturated rings. The van der Waals surface area contributed by atoms with Crippen molar-refractivity contribution < 1.29 is 28.4 Å². The monoisotopic (exact) mass is 324 g/mol. The maximum Gasteiger partial charge on any atom is 0.350 e. The standard InChI is InChI=1S/C14H13FN2O6/c1-7-4-10(11(17(20)21)5-9(7)15)16-6-8-12(18)22-14(2,3)23-13(8)19/h4-6,16H,1-3H3. The largest absolute Gasteiger partial charge is 0.419 e. The molecule has 1 aromatic carbocycles. The lowest BCUT2D eigenvalue weighted by atomic mass is 10.1. The number of hydrogen-bond acceptors (Lipinski definition) is 7. The van der Waals surface area contributed by atoms with Gasteiger partial charge in [0.05, 0.1) is 11.0 Å². The van der Waals surface area contributed by atoms with Crippen LogP contribution < -0.4 is 5.32 Å². The van der Waals surface area contributed by atoms with E-state index >= 15 is 0 Å². The number of nitrogens with zero attached hydrogens (tertiary/aromatic N) is 1. The molecule has 1 aliphatic rings. The molecule has 0 amide bonds. The Morgan fingerprint density at radius 2 is 1.83 bits per heavy atom. The van der Waals surface area contributed by atoms with Crippen molar-refractivity contribution in [2.75, 3.05) is 5.32 Å². The second-order valence-electron chi connectivity index (χ2n) is 5.26. The Morgan fingerprint density at radius 1 is 1.26 bits per heavy atom. The summed E-state index contributed by atoms with van der Waals surface area (Å²) in [5.41, 5.74) is -0.915. The first-order valence-corrected chi connectivity index (χ1v) is 6.48. The first kappa shape index (κ1) is 16.4. The Bertz CT molecular complexity index is 719. The molecule has 1 saturated heterocycles. The van der Waals surface area contributed by atoms with Gasteiger partial charge in [0.2, 0.25) is 0 Å². The molecule has 2 rings (SSSR count). The van der Waals surface area contributed by atoms with Crippen molar-refractivity contribution in [3.63, 3.8) is 0 Å². The molecule has 0 atom stereocenters. The summed E-state index contributed by atoms with van der Waals surface area (Å²) in [6.07, 6.45) is 0.930. The maximum absolute atomic E-state index is 13.4. The van der Waals surface area contributed by atoms with E-state index in [1.807, 2.05) is 0 Å². The van der Waals surface area contributed by atoms with Crippen molar-refractivity contribution in [3.05, 3.63) is 45.4 Å². The second kappa shape index (κ2) is 5.67. The molecule has 0 unspecified atom stereocenters. The van der Waals surface area contributed by atoms with Gasteiger partial charge in [0, 0.05) is 20.0 Å². The van der Waals surface area contributed by atoms with E-state index in [1.54, 1.807) is 0 Å². The number of esters is 2. The van der Waals surface area contributed by atoms with Crippen LogP contribution in [0.25, 0.3) is 0 Å². The minimum Gasteiger partial charge on any atom is -0.419 e. The minimum absolute atomic E-state index is 0.0770. The first-order valence-electron chi connectivity index (χ1n) is 6.48. The highest BCUT2D eigenvalue weighted by Gasteiger charge is 2.39. The number of cyclic esters (lactones) is 2. The molecule has 0 bridgehead atoms. The number of halogens is 1. The van der Waals surface area contributed by atoms with Gasteiger partial charge in [0.25, 0.3) is 11.5 Å². The predicted octanol–water partition coefficient (Wildman–Crippen LogP) is 2.17. The third-order valence-electron chi connectivity index (χ3n) is 2.96. The zero-order chi connectivity index (χ0) is 17.4. The normalized spacial score (nSPS) is 16.4. The van der Waals surface area contributed by atoms with Crippen molar-refractivity contribution in [1.29, 1.82) is 0 Å². The van der Waals surface area contributed by atoms with Crippen LogP contribution in [-0.2, 0) is 19.1 Å². The van der Waals surface area contributed by atoms with Crippen LogP contribution in [0.5, 0.6) is 0 Å². The van der Waals surface area contributed by atoms with E-state index in [0.717, 1.165) is 12.3 Å². The fourth-order valence-electron chi connectivity index (χ4n) is 1.87. The van der Waals surface area contributed by atoms with E-state index in [1.165, 1.54) is 26.8 Å². The quantitative estimate of drug-likeness (QED) is 0.298.